The van der Waals surface area contributed by atoms with Crippen molar-refractivity contribution in [2.24, 2.45) is 0 Å². The maximum atomic E-state index is 12.0. The van der Waals surface area contributed by atoms with Gasteiger partial charge < -0.3 is 19.9 Å². The first-order valence-electron chi connectivity index (χ1n) is 5.66. The summed E-state index contributed by atoms with van der Waals surface area (Å²) in [5.41, 5.74) is 5.79. The first kappa shape index (κ1) is 14.2. The number of amides is 1. The van der Waals surface area contributed by atoms with Crippen LogP contribution in [0.4, 0.5) is 5.69 Å². The van der Waals surface area contributed by atoms with Crippen molar-refractivity contribution in [3.05, 3.63) is 28.7 Å². The molecule has 100 valence electrons. The van der Waals surface area contributed by atoms with Crippen molar-refractivity contribution in [2.75, 3.05) is 26.5 Å². The molecular formula is C12H19N3O3. The van der Waals surface area contributed by atoms with E-state index in [1.54, 1.807) is 19.1 Å². The summed E-state index contributed by atoms with van der Waals surface area (Å²) in [6, 6.07) is 2.82. The van der Waals surface area contributed by atoms with Crippen LogP contribution < -0.4 is 11.3 Å². The number of methoxy groups -OCH3 is 1. The predicted octanol–water partition coefficient (Wildman–Crippen LogP) is -0.0762. The Hall–Kier alpha value is -1.82. The van der Waals surface area contributed by atoms with Gasteiger partial charge in [0.05, 0.1) is 12.6 Å². The van der Waals surface area contributed by atoms with Crippen molar-refractivity contribution in [1.29, 1.82) is 0 Å². The molecule has 1 aromatic heterocycles. The summed E-state index contributed by atoms with van der Waals surface area (Å²) in [5.74, 6) is -0.160. The van der Waals surface area contributed by atoms with Crippen LogP contribution in [0, 0.1) is 0 Å². The summed E-state index contributed by atoms with van der Waals surface area (Å²) in [4.78, 5) is 25.1. The Morgan fingerprint density at radius 1 is 1.56 bits per heavy atom. The van der Waals surface area contributed by atoms with Crippen molar-refractivity contribution < 1.29 is 9.53 Å². The Morgan fingerprint density at radius 2 is 2.22 bits per heavy atom. The second-order valence-corrected chi connectivity index (χ2v) is 4.24. The standard InChI is InChI=1S/C12H19N3O3/c1-9(8-18-3)14(2)12(17)7-15-6-10(13)4-5-11(15)16/h4-6,9H,7-8,13H2,1-3H3. The average molecular weight is 253 g/mol. The van der Waals surface area contributed by atoms with E-state index < -0.39 is 0 Å². The Bertz CT molecular complexity index is 470. The summed E-state index contributed by atoms with van der Waals surface area (Å²) in [6.07, 6.45) is 1.47. The molecule has 0 aliphatic rings. The van der Waals surface area contributed by atoms with Gasteiger partial charge in [0.25, 0.3) is 5.56 Å². The van der Waals surface area contributed by atoms with Gasteiger partial charge in [-0.15, -0.1) is 0 Å². The molecule has 0 saturated heterocycles. The number of pyridine rings is 1. The molecule has 1 unspecified atom stereocenters. The molecule has 0 saturated carbocycles. The number of likely N-dealkylation sites (N-methyl/N-ethyl adjacent to an activating group) is 1. The van der Waals surface area contributed by atoms with Gasteiger partial charge in [0.2, 0.25) is 5.91 Å². The van der Waals surface area contributed by atoms with Crippen molar-refractivity contribution in [1.82, 2.24) is 9.47 Å². The van der Waals surface area contributed by atoms with Crippen LogP contribution >= 0.6 is 0 Å². The van der Waals surface area contributed by atoms with Crippen LogP contribution in [0.5, 0.6) is 0 Å². The lowest BCUT2D eigenvalue weighted by Gasteiger charge is -2.24. The Morgan fingerprint density at radius 3 is 2.83 bits per heavy atom. The minimum atomic E-state index is -0.245. The number of carbonyl (C=O) groups is 1. The van der Waals surface area contributed by atoms with Crippen molar-refractivity contribution >= 4 is 11.6 Å². The van der Waals surface area contributed by atoms with E-state index in [0.717, 1.165) is 0 Å². The highest BCUT2D eigenvalue weighted by Gasteiger charge is 2.16. The van der Waals surface area contributed by atoms with Crippen LogP contribution in [0.15, 0.2) is 23.1 Å². The second kappa shape index (κ2) is 6.20. The topological polar surface area (TPSA) is 77.6 Å². The molecule has 0 aliphatic carbocycles. The van der Waals surface area contributed by atoms with Gasteiger partial charge in [-0.3, -0.25) is 9.59 Å². The minimum absolute atomic E-state index is 0.0194. The third-order valence-electron chi connectivity index (χ3n) is 2.77. The highest BCUT2D eigenvalue weighted by Crippen LogP contribution is 2.00. The lowest BCUT2D eigenvalue weighted by atomic mass is 10.3. The summed E-state index contributed by atoms with van der Waals surface area (Å²) < 4.78 is 6.28. The SMILES string of the molecule is COCC(C)N(C)C(=O)Cn1cc(N)ccc1=O. The zero-order valence-electron chi connectivity index (χ0n) is 10.9. The summed E-state index contributed by atoms with van der Waals surface area (Å²) >= 11 is 0. The number of nitrogen functional groups attached to an aromatic ring is 1. The fourth-order valence-corrected chi connectivity index (χ4v) is 1.53. The number of carbonyl (C=O) groups excluding carboxylic acids is 1. The smallest absolute Gasteiger partial charge is 0.251 e. The van der Waals surface area contributed by atoms with E-state index in [4.69, 9.17) is 10.5 Å². The third kappa shape index (κ3) is 3.59. The number of hydrogen-bond donors (Lipinski definition) is 1. The molecule has 0 spiro atoms. The number of ether oxygens (including phenoxy) is 1. The maximum Gasteiger partial charge on any atom is 0.251 e. The highest BCUT2D eigenvalue weighted by atomic mass is 16.5. The average Bonchev–Trinajstić information content (AvgIpc) is 2.33. The van der Waals surface area contributed by atoms with Gasteiger partial charge in [0, 0.05) is 32.1 Å². The molecule has 0 fully saturated rings. The van der Waals surface area contributed by atoms with E-state index in [2.05, 4.69) is 0 Å². The van der Waals surface area contributed by atoms with E-state index in [9.17, 15) is 9.59 Å². The molecule has 1 amide bonds. The highest BCUT2D eigenvalue weighted by molar-refractivity contribution is 5.76. The molecule has 6 nitrogen and oxygen atoms in total. The zero-order chi connectivity index (χ0) is 13.7. The molecule has 1 rings (SSSR count). The van der Waals surface area contributed by atoms with E-state index >= 15 is 0 Å². The van der Waals surface area contributed by atoms with Crippen molar-refractivity contribution in [3.63, 3.8) is 0 Å². The third-order valence-corrected chi connectivity index (χ3v) is 2.77. The van der Waals surface area contributed by atoms with Crippen molar-refractivity contribution in [2.45, 2.75) is 19.5 Å². The predicted molar refractivity (Wildman–Crippen MR) is 69.2 cm³/mol. The van der Waals surface area contributed by atoms with Crippen LogP contribution in [0.2, 0.25) is 0 Å². The van der Waals surface area contributed by atoms with Gasteiger partial charge >= 0.3 is 0 Å². The quantitative estimate of drug-likeness (QED) is 0.796. The number of nitrogens with zero attached hydrogens (tertiary/aromatic N) is 2. The lowest BCUT2D eigenvalue weighted by molar-refractivity contribution is -0.133. The summed E-state index contributed by atoms with van der Waals surface area (Å²) in [6.45, 7) is 2.31. The second-order valence-electron chi connectivity index (χ2n) is 4.24. The fourth-order valence-electron chi connectivity index (χ4n) is 1.53. The summed E-state index contributed by atoms with van der Waals surface area (Å²) in [5, 5.41) is 0. The molecule has 1 heterocycles. The Labute approximate surface area is 106 Å². The van der Waals surface area contributed by atoms with Gasteiger partial charge in [-0.1, -0.05) is 0 Å². The Kier molecular flexibility index (Phi) is 4.91. The molecule has 1 atom stereocenters. The largest absolute Gasteiger partial charge is 0.398 e. The molecule has 0 aromatic carbocycles. The molecule has 2 N–H and O–H groups in total. The van der Waals surface area contributed by atoms with E-state index in [1.807, 2.05) is 6.92 Å². The maximum absolute atomic E-state index is 12.0. The monoisotopic (exact) mass is 253 g/mol. The molecule has 0 aliphatic heterocycles. The summed E-state index contributed by atoms with van der Waals surface area (Å²) in [7, 11) is 3.26. The van der Waals surface area contributed by atoms with Crippen LogP contribution in [-0.4, -0.2) is 42.2 Å². The van der Waals surface area contributed by atoms with Crippen LogP contribution in [-0.2, 0) is 16.1 Å². The lowest BCUT2D eigenvalue weighted by Crippen LogP contribution is -2.41. The number of aromatic nitrogens is 1. The van der Waals surface area contributed by atoms with E-state index in [0.29, 0.717) is 12.3 Å². The molecular weight excluding hydrogens is 234 g/mol. The zero-order valence-corrected chi connectivity index (χ0v) is 10.9. The van der Waals surface area contributed by atoms with Crippen LogP contribution in [0.25, 0.3) is 0 Å². The normalized spacial score (nSPS) is 12.2. The van der Waals surface area contributed by atoms with Crippen molar-refractivity contribution in [3.8, 4) is 0 Å². The van der Waals surface area contributed by atoms with E-state index in [1.165, 1.54) is 22.9 Å². The first-order chi connectivity index (χ1) is 8.45. The number of rotatable bonds is 5. The Balaban J connectivity index is 2.75. The number of hydrogen-bond acceptors (Lipinski definition) is 4. The van der Waals surface area contributed by atoms with Gasteiger partial charge in [0.1, 0.15) is 6.54 Å². The van der Waals surface area contributed by atoms with Gasteiger partial charge in [-0.05, 0) is 13.0 Å². The number of anilines is 1. The van der Waals surface area contributed by atoms with Gasteiger partial charge in [-0.2, -0.15) is 0 Å². The van der Waals surface area contributed by atoms with E-state index in [-0.39, 0.29) is 24.1 Å². The van der Waals surface area contributed by atoms with Crippen LogP contribution in [0.3, 0.4) is 0 Å². The van der Waals surface area contributed by atoms with Crippen LogP contribution in [0.1, 0.15) is 6.92 Å². The van der Waals surface area contributed by atoms with Gasteiger partial charge in [-0.25, -0.2) is 0 Å². The number of nitrogens with two attached hydrogens (primary N) is 1. The fraction of sp³-hybridized carbons (Fsp3) is 0.500. The molecule has 0 radical (unpaired) electrons. The van der Waals surface area contributed by atoms with Gasteiger partial charge in [0.15, 0.2) is 0 Å². The molecule has 0 bridgehead atoms. The minimum Gasteiger partial charge on any atom is -0.398 e. The molecule has 6 heteroatoms. The first-order valence-corrected chi connectivity index (χ1v) is 5.66. The molecule has 18 heavy (non-hydrogen) atoms. The molecule has 1 aromatic rings.